The lowest BCUT2D eigenvalue weighted by molar-refractivity contribution is -0.122. The second-order valence-electron chi connectivity index (χ2n) is 6.93. The lowest BCUT2D eigenvalue weighted by atomic mass is 10.1. The third-order valence-corrected chi connectivity index (χ3v) is 4.53. The summed E-state index contributed by atoms with van der Waals surface area (Å²) in [5.41, 5.74) is 2.99. The Hall–Kier alpha value is -3.41. The van der Waals surface area contributed by atoms with Gasteiger partial charge in [-0.1, -0.05) is 67.6 Å². The van der Waals surface area contributed by atoms with Gasteiger partial charge in [0, 0.05) is 18.3 Å². The van der Waals surface area contributed by atoms with Crippen LogP contribution in [0, 0.1) is 0 Å². The van der Waals surface area contributed by atoms with Crippen LogP contribution in [0.25, 0.3) is 11.3 Å². The minimum Gasteiger partial charge on any atom is -0.354 e. The predicted octanol–water partition coefficient (Wildman–Crippen LogP) is 3.24. The summed E-state index contributed by atoms with van der Waals surface area (Å²) in [6, 6.07) is 18.9. The van der Waals surface area contributed by atoms with Gasteiger partial charge in [0.15, 0.2) is 0 Å². The van der Waals surface area contributed by atoms with Gasteiger partial charge in [-0.15, -0.1) is 0 Å². The molecule has 29 heavy (non-hydrogen) atoms. The summed E-state index contributed by atoms with van der Waals surface area (Å²) in [5.74, 6) is -0.513. The molecule has 1 atom stereocenters. The van der Waals surface area contributed by atoms with Crippen molar-refractivity contribution in [3.8, 4) is 11.3 Å². The van der Waals surface area contributed by atoms with E-state index >= 15 is 0 Å². The van der Waals surface area contributed by atoms with Gasteiger partial charge in [0.2, 0.25) is 5.91 Å². The Bertz CT molecular complexity index is 952. The number of rotatable bonds is 8. The van der Waals surface area contributed by atoms with E-state index < -0.39 is 6.04 Å². The van der Waals surface area contributed by atoms with E-state index in [1.165, 1.54) is 0 Å². The summed E-state index contributed by atoms with van der Waals surface area (Å²) in [6.07, 6.45) is 2.58. The first kappa shape index (κ1) is 20.3. The van der Waals surface area contributed by atoms with Crippen molar-refractivity contribution in [2.45, 2.75) is 32.9 Å². The molecule has 150 valence electrons. The molecule has 0 radical (unpaired) electrons. The Kier molecular flexibility index (Phi) is 6.79. The van der Waals surface area contributed by atoms with E-state index in [1.807, 2.05) is 67.6 Å². The second kappa shape index (κ2) is 9.68. The van der Waals surface area contributed by atoms with Crippen molar-refractivity contribution in [3.05, 3.63) is 78.0 Å². The summed E-state index contributed by atoms with van der Waals surface area (Å²) < 4.78 is 1.76. The fraction of sp³-hybridized carbons (Fsp3) is 0.261. The lowest BCUT2D eigenvalue weighted by Crippen LogP contribution is -2.45. The zero-order valence-electron chi connectivity index (χ0n) is 16.8. The summed E-state index contributed by atoms with van der Waals surface area (Å²) >= 11 is 0. The predicted molar refractivity (Wildman–Crippen MR) is 113 cm³/mol. The van der Waals surface area contributed by atoms with Crippen LogP contribution in [0.2, 0.25) is 0 Å². The number of aromatic nitrogens is 2. The number of nitrogens with one attached hydrogen (secondary N) is 2. The molecule has 2 amide bonds. The smallest absolute Gasteiger partial charge is 0.255 e. The van der Waals surface area contributed by atoms with Crippen molar-refractivity contribution in [3.63, 3.8) is 0 Å². The van der Waals surface area contributed by atoms with E-state index in [4.69, 9.17) is 0 Å². The SMILES string of the molecule is CCCNC(=O)C(C)NC(=O)c1cn(Cc2ccccc2)nc1-c1ccccc1. The number of hydrogen-bond acceptors (Lipinski definition) is 3. The highest BCUT2D eigenvalue weighted by atomic mass is 16.2. The molecular formula is C23H26N4O2. The van der Waals surface area contributed by atoms with Crippen LogP contribution in [0.15, 0.2) is 66.9 Å². The molecule has 3 rings (SSSR count). The second-order valence-corrected chi connectivity index (χ2v) is 6.93. The molecule has 3 aromatic rings. The monoisotopic (exact) mass is 390 g/mol. The van der Waals surface area contributed by atoms with Crippen LogP contribution in [0.3, 0.4) is 0 Å². The normalized spacial score (nSPS) is 11.7. The third-order valence-electron chi connectivity index (χ3n) is 4.53. The molecule has 0 aliphatic heterocycles. The van der Waals surface area contributed by atoms with E-state index in [0.717, 1.165) is 17.5 Å². The number of carbonyl (C=O) groups is 2. The quantitative estimate of drug-likeness (QED) is 0.620. The zero-order chi connectivity index (χ0) is 20.6. The molecule has 1 unspecified atom stereocenters. The molecule has 0 spiro atoms. The molecule has 0 saturated carbocycles. The van der Waals surface area contributed by atoms with Crippen LogP contribution in [-0.4, -0.2) is 34.2 Å². The van der Waals surface area contributed by atoms with Crippen LogP contribution < -0.4 is 10.6 Å². The molecule has 0 saturated heterocycles. The maximum atomic E-state index is 12.9. The van der Waals surface area contributed by atoms with Crippen molar-refractivity contribution in [2.24, 2.45) is 0 Å². The van der Waals surface area contributed by atoms with Crippen molar-refractivity contribution < 1.29 is 9.59 Å². The minimum atomic E-state index is -0.629. The maximum Gasteiger partial charge on any atom is 0.255 e. The molecule has 6 nitrogen and oxygen atoms in total. The highest BCUT2D eigenvalue weighted by molar-refractivity contribution is 6.01. The van der Waals surface area contributed by atoms with Gasteiger partial charge in [0.05, 0.1) is 12.1 Å². The molecule has 1 heterocycles. The van der Waals surface area contributed by atoms with Gasteiger partial charge in [-0.3, -0.25) is 14.3 Å². The number of benzene rings is 2. The molecule has 2 aromatic carbocycles. The minimum absolute atomic E-state index is 0.196. The first-order valence-corrected chi connectivity index (χ1v) is 9.84. The average Bonchev–Trinajstić information content (AvgIpc) is 3.17. The van der Waals surface area contributed by atoms with Crippen molar-refractivity contribution in [2.75, 3.05) is 6.54 Å². The van der Waals surface area contributed by atoms with Crippen molar-refractivity contribution in [1.29, 1.82) is 0 Å². The summed E-state index contributed by atoms with van der Waals surface area (Å²) in [4.78, 5) is 25.1. The van der Waals surface area contributed by atoms with Gasteiger partial charge in [-0.05, 0) is 18.9 Å². The number of hydrogen-bond donors (Lipinski definition) is 2. The Balaban J connectivity index is 1.85. The van der Waals surface area contributed by atoms with Crippen molar-refractivity contribution >= 4 is 11.8 Å². The first-order valence-electron chi connectivity index (χ1n) is 9.84. The summed E-state index contributed by atoms with van der Waals surface area (Å²) in [7, 11) is 0. The van der Waals surface area contributed by atoms with Crippen LogP contribution >= 0.6 is 0 Å². The molecule has 2 N–H and O–H groups in total. The van der Waals surface area contributed by atoms with E-state index in [0.29, 0.717) is 24.3 Å². The van der Waals surface area contributed by atoms with Crippen LogP contribution in [0.1, 0.15) is 36.2 Å². The van der Waals surface area contributed by atoms with Gasteiger partial charge in [0.25, 0.3) is 5.91 Å². The Labute approximate surface area is 170 Å². The zero-order valence-corrected chi connectivity index (χ0v) is 16.8. The molecule has 0 aliphatic rings. The summed E-state index contributed by atoms with van der Waals surface area (Å²) in [5, 5.41) is 10.2. The third kappa shape index (κ3) is 5.31. The Morgan fingerprint density at radius 3 is 2.34 bits per heavy atom. The molecule has 1 aromatic heterocycles. The van der Waals surface area contributed by atoms with E-state index in [1.54, 1.807) is 17.8 Å². The van der Waals surface area contributed by atoms with Gasteiger partial charge >= 0.3 is 0 Å². The fourth-order valence-electron chi connectivity index (χ4n) is 2.99. The van der Waals surface area contributed by atoms with Crippen LogP contribution in [0.5, 0.6) is 0 Å². The molecular weight excluding hydrogens is 364 g/mol. The Morgan fingerprint density at radius 2 is 1.69 bits per heavy atom. The number of amides is 2. The van der Waals surface area contributed by atoms with Gasteiger partial charge in [0.1, 0.15) is 11.7 Å². The maximum absolute atomic E-state index is 12.9. The van der Waals surface area contributed by atoms with Crippen molar-refractivity contribution in [1.82, 2.24) is 20.4 Å². The van der Waals surface area contributed by atoms with Gasteiger partial charge in [-0.2, -0.15) is 5.10 Å². The first-order chi connectivity index (χ1) is 14.1. The standard InChI is InChI=1S/C23H26N4O2/c1-3-14-24-22(28)17(2)25-23(29)20-16-27(15-18-10-6-4-7-11-18)26-21(20)19-12-8-5-9-13-19/h4-13,16-17H,3,14-15H2,1-2H3,(H,24,28)(H,25,29). The average molecular weight is 390 g/mol. The highest BCUT2D eigenvalue weighted by Crippen LogP contribution is 2.22. The molecule has 6 heteroatoms. The topological polar surface area (TPSA) is 76.0 Å². The van der Waals surface area contributed by atoms with E-state index in [2.05, 4.69) is 15.7 Å². The highest BCUT2D eigenvalue weighted by Gasteiger charge is 2.22. The number of nitrogens with zero attached hydrogens (tertiary/aromatic N) is 2. The largest absolute Gasteiger partial charge is 0.354 e. The molecule has 0 fully saturated rings. The van der Waals surface area contributed by atoms with E-state index in [-0.39, 0.29) is 11.8 Å². The van der Waals surface area contributed by atoms with Crippen LogP contribution in [-0.2, 0) is 11.3 Å². The summed E-state index contributed by atoms with van der Waals surface area (Å²) in [6.45, 7) is 4.81. The van der Waals surface area contributed by atoms with Gasteiger partial charge < -0.3 is 10.6 Å². The molecule has 0 bridgehead atoms. The lowest BCUT2D eigenvalue weighted by Gasteiger charge is -2.13. The fourth-order valence-corrected chi connectivity index (χ4v) is 2.99. The Morgan fingerprint density at radius 1 is 1.03 bits per heavy atom. The van der Waals surface area contributed by atoms with Gasteiger partial charge in [-0.25, -0.2) is 0 Å². The molecule has 0 aliphatic carbocycles. The van der Waals surface area contributed by atoms with E-state index in [9.17, 15) is 9.59 Å². The van der Waals surface area contributed by atoms with Crippen LogP contribution in [0.4, 0.5) is 0 Å². The number of carbonyl (C=O) groups excluding carboxylic acids is 2.